The fourth-order valence-electron chi connectivity index (χ4n) is 1.45. The molecule has 0 aliphatic heterocycles. The highest BCUT2D eigenvalue weighted by atomic mass is 32.2. The monoisotopic (exact) mass is 225 g/mol. The molecule has 3 nitrogen and oxygen atoms in total. The maximum atomic E-state index is 5.93. The molecule has 1 rings (SSSR count). The fourth-order valence-corrected chi connectivity index (χ4v) is 2.08. The van der Waals surface area contributed by atoms with Gasteiger partial charge in [0.1, 0.15) is 0 Å². The summed E-state index contributed by atoms with van der Waals surface area (Å²) in [4.78, 5) is 4.13. The largest absolute Gasteiger partial charge is 0.398 e. The standard InChI is InChI=1S/C11H19N3S/c1-3-5-14-11(8-15-2)9-7-13-6-4-10(9)12/h4,6-7,11,14H,3,5,8H2,1-2H3,(H2,12,13). The molecule has 0 aliphatic carbocycles. The van der Waals surface area contributed by atoms with Crippen LogP contribution in [0, 0.1) is 0 Å². The molecule has 1 unspecified atom stereocenters. The maximum absolute atomic E-state index is 5.93. The number of rotatable bonds is 6. The summed E-state index contributed by atoms with van der Waals surface area (Å²) in [6.07, 6.45) is 6.83. The minimum atomic E-state index is 0.314. The second-order valence-electron chi connectivity index (χ2n) is 3.47. The van der Waals surface area contributed by atoms with Gasteiger partial charge in [0.2, 0.25) is 0 Å². The number of pyridine rings is 1. The van der Waals surface area contributed by atoms with Crippen LogP contribution in [0.2, 0.25) is 0 Å². The van der Waals surface area contributed by atoms with Gasteiger partial charge in [-0.3, -0.25) is 4.98 Å². The van der Waals surface area contributed by atoms with Crippen molar-refractivity contribution in [2.24, 2.45) is 0 Å². The van der Waals surface area contributed by atoms with Gasteiger partial charge in [-0.25, -0.2) is 0 Å². The summed E-state index contributed by atoms with van der Waals surface area (Å²) in [5.41, 5.74) is 7.87. The van der Waals surface area contributed by atoms with Crippen LogP contribution in [0.25, 0.3) is 0 Å². The van der Waals surface area contributed by atoms with E-state index in [2.05, 4.69) is 23.5 Å². The molecule has 0 amide bonds. The smallest absolute Gasteiger partial charge is 0.0447 e. The predicted octanol–water partition coefficient (Wildman–Crippen LogP) is 2.07. The molecule has 3 N–H and O–H groups in total. The molecule has 1 atom stereocenters. The summed E-state index contributed by atoms with van der Waals surface area (Å²) in [7, 11) is 0. The lowest BCUT2D eigenvalue weighted by molar-refractivity contribution is 0.577. The van der Waals surface area contributed by atoms with Gasteiger partial charge < -0.3 is 11.1 Å². The first kappa shape index (κ1) is 12.3. The van der Waals surface area contributed by atoms with E-state index in [4.69, 9.17) is 5.73 Å². The van der Waals surface area contributed by atoms with Crippen LogP contribution in [0.3, 0.4) is 0 Å². The summed E-state index contributed by atoms with van der Waals surface area (Å²) in [6, 6.07) is 2.17. The molecule has 4 heteroatoms. The Labute approximate surface area is 95.9 Å². The van der Waals surface area contributed by atoms with Crippen LogP contribution in [-0.2, 0) is 0 Å². The molecule has 1 aromatic rings. The van der Waals surface area contributed by atoms with Crippen molar-refractivity contribution >= 4 is 17.4 Å². The van der Waals surface area contributed by atoms with Crippen molar-refractivity contribution in [3.8, 4) is 0 Å². The van der Waals surface area contributed by atoms with Gasteiger partial charge >= 0.3 is 0 Å². The number of hydrogen-bond donors (Lipinski definition) is 2. The Balaban J connectivity index is 2.74. The third kappa shape index (κ3) is 3.72. The van der Waals surface area contributed by atoms with Crippen molar-refractivity contribution in [1.29, 1.82) is 0 Å². The summed E-state index contributed by atoms with van der Waals surface area (Å²) < 4.78 is 0. The van der Waals surface area contributed by atoms with Gasteiger partial charge in [0.15, 0.2) is 0 Å². The number of nitrogens with two attached hydrogens (primary N) is 1. The van der Waals surface area contributed by atoms with E-state index in [0.29, 0.717) is 6.04 Å². The molecule has 0 fully saturated rings. The number of nitrogens with one attached hydrogen (secondary N) is 1. The van der Waals surface area contributed by atoms with Gasteiger partial charge in [-0.15, -0.1) is 0 Å². The average Bonchev–Trinajstić information content (AvgIpc) is 2.25. The molecule has 1 aromatic heterocycles. The van der Waals surface area contributed by atoms with E-state index in [9.17, 15) is 0 Å². The molecule has 1 heterocycles. The molecule has 15 heavy (non-hydrogen) atoms. The van der Waals surface area contributed by atoms with E-state index in [-0.39, 0.29) is 0 Å². The summed E-state index contributed by atoms with van der Waals surface area (Å²) >= 11 is 1.82. The van der Waals surface area contributed by atoms with Gasteiger partial charge in [-0.05, 0) is 25.3 Å². The van der Waals surface area contributed by atoms with Crippen molar-refractivity contribution in [3.63, 3.8) is 0 Å². The fraction of sp³-hybridized carbons (Fsp3) is 0.545. The molecule has 0 aromatic carbocycles. The number of hydrogen-bond acceptors (Lipinski definition) is 4. The molecular weight excluding hydrogens is 206 g/mol. The first-order valence-electron chi connectivity index (χ1n) is 5.21. The van der Waals surface area contributed by atoms with Gasteiger partial charge in [-0.1, -0.05) is 6.92 Å². The van der Waals surface area contributed by atoms with E-state index >= 15 is 0 Å². The average molecular weight is 225 g/mol. The maximum Gasteiger partial charge on any atom is 0.0447 e. The van der Waals surface area contributed by atoms with Gasteiger partial charge in [0.05, 0.1) is 0 Å². The molecule has 84 valence electrons. The van der Waals surface area contributed by atoms with Crippen LogP contribution in [-0.4, -0.2) is 23.5 Å². The Morgan fingerprint density at radius 3 is 3.00 bits per heavy atom. The molecule has 0 bridgehead atoms. The van der Waals surface area contributed by atoms with Crippen molar-refractivity contribution in [3.05, 3.63) is 24.0 Å². The topological polar surface area (TPSA) is 50.9 Å². The third-order valence-corrected chi connectivity index (χ3v) is 2.90. The first-order valence-corrected chi connectivity index (χ1v) is 6.60. The lowest BCUT2D eigenvalue weighted by atomic mass is 10.1. The van der Waals surface area contributed by atoms with E-state index in [1.165, 1.54) is 0 Å². The Morgan fingerprint density at radius 1 is 1.60 bits per heavy atom. The van der Waals surface area contributed by atoms with E-state index in [0.717, 1.165) is 30.0 Å². The molecule has 0 aliphatic rings. The molecule has 0 saturated heterocycles. The van der Waals surface area contributed by atoms with Crippen LogP contribution >= 0.6 is 11.8 Å². The van der Waals surface area contributed by atoms with Crippen molar-refractivity contribution < 1.29 is 0 Å². The Kier molecular flexibility index (Phi) is 5.50. The molecule has 0 saturated carbocycles. The summed E-state index contributed by atoms with van der Waals surface area (Å²) in [6.45, 7) is 3.18. The quantitative estimate of drug-likeness (QED) is 0.778. The van der Waals surface area contributed by atoms with Crippen LogP contribution in [0.1, 0.15) is 24.9 Å². The third-order valence-electron chi connectivity index (χ3n) is 2.24. The van der Waals surface area contributed by atoms with Crippen LogP contribution in [0.15, 0.2) is 18.5 Å². The summed E-state index contributed by atoms with van der Waals surface area (Å²) in [5.74, 6) is 1.02. The second kappa shape index (κ2) is 6.69. The van der Waals surface area contributed by atoms with Gasteiger partial charge in [-0.2, -0.15) is 11.8 Å². The minimum absolute atomic E-state index is 0.314. The normalized spacial score (nSPS) is 12.7. The SMILES string of the molecule is CCCNC(CSC)c1cnccc1N. The van der Waals surface area contributed by atoms with Gasteiger partial charge in [0.25, 0.3) is 0 Å². The zero-order valence-corrected chi connectivity index (χ0v) is 10.2. The molecule has 0 radical (unpaired) electrons. The zero-order valence-electron chi connectivity index (χ0n) is 9.36. The van der Waals surface area contributed by atoms with E-state index in [1.54, 1.807) is 6.20 Å². The van der Waals surface area contributed by atoms with E-state index < -0.39 is 0 Å². The Morgan fingerprint density at radius 2 is 2.40 bits per heavy atom. The zero-order chi connectivity index (χ0) is 11.1. The Bertz CT molecular complexity index is 291. The van der Waals surface area contributed by atoms with Gasteiger partial charge in [0, 0.05) is 35.4 Å². The number of nitrogen functional groups attached to an aromatic ring is 1. The Hall–Kier alpha value is -0.740. The second-order valence-corrected chi connectivity index (χ2v) is 4.38. The summed E-state index contributed by atoms with van der Waals surface area (Å²) in [5, 5.41) is 3.49. The van der Waals surface area contributed by atoms with Crippen molar-refractivity contribution in [1.82, 2.24) is 10.3 Å². The predicted molar refractivity (Wildman–Crippen MR) is 68.1 cm³/mol. The highest BCUT2D eigenvalue weighted by Crippen LogP contribution is 2.21. The number of aromatic nitrogens is 1. The number of nitrogens with zero attached hydrogens (tertiary/aromatic N) is 1. The number of thioether (sulfide) groups is 1. The first-order chi connectivity index (χ1) is 7.29. The minimum Gasteiger partial charge on any atom is -0.398 e. The molecular formula is C11H19N3S. The van der Waals surface area contributed by atoms with E-state index in [1.807, 2.05) is 24.0 Å². The lowest BCUT2D eigenvalue weighted by Gasteiger charge is -2.18. The van der Waals surface area contributed by atoms with Crippen LogP contribution in [0.4, 0.5) is 5.69 Å². The van der Waals surface area contributed by atoms with Crippen molar-refractivity contribution in [2.45, 2.75) is 19.4 Å². The molecule has 0 spiro atoms. The lowest BCUT2D eigenvalue weighted by Crippen LogP contribution is -2.25. The van der Waals surface area contributed by atoms with Crippen LogP contribution in [0.5, 0.6) is 0 Å². The highest BCUT2D eigenvalue weighted by Gasteiger charge is 2.12. The van der Waals surface area contributed by atoms with Crippen LogP contribution < -0.4 is 11.1 Å². The highest BCUT2D eigenvalue weighted by molar-refractivity contribution is 7.98. The van der Waals surface area contributed by atoms with Crippen molar-refractivity contribution in [2.75, 3.05) is 24.3 Å². The number of anilines is 1.